The van der Waals surface area contributed by atoms with Gasteiger partial charge in [-0.25, -0.2) is 9.78 Å². The molecule has 0 fully saturated rings. The van der Waals surface area contributed by atoms with Crippen molar-refractivity contribution in [2.24, 2.45) is 14.1 Å². The predicted molar refractivity (Wildman–Crippen MR) is 56.9 cm³/mol. The van der Waals surface area contributed by atoms with Gasteiger partial charge in [-0.05, 0) is 0 Å². The van der Waals surface area contributed by atoms with Gasteiger partial charge in [0.25, 0.3) is 5.56 Å². The largest absolute Gasteiger partial charge is 0.339 e. The smallest absolute Gasteiger partial charge is 0.332 e. The number of hydrogen-bond donors (Lipinski definition) is 1. The Hall–Kier alpha value is -1.37. The fourth-order valence-electron chi connectivity index (χ4n) is 1.27. The van der Waals surface area contributed by atoms with E-state index in [-0.39, 0.29) is 28.2 Å². The fraction of sp³-hybridized carbons (Fsp3) is 0.286. The van der Waals surface area contributed by atoms with Crippen LogP contribution in [0.2, 0.25) is 0 Å². The number of aromatic amines is 1. The third-order valence-electron chi connectivity index (χ3n) is 2.03. The molecule has 7 heteroatoms. The topological polar surface area (TPSA) is 72.7 Å². The Bertz CT molecular complexity index is 579. The standard InChI is InChI=1S/C7H8N4O2.BrH/c1-10-5-4(8-3-9-5)6(12)11(2)7(10)13;/h3H,1-2H3,(H,8,9);1H. The average Bonchev–Trinajstić information content (AvgIpc) is 2.59. The highest BCUT2D eigenvalue weighted by Crippen LogP contribution is 1.97. The number of rotatable bonds is 0. The van der Waals surface area contributed by atoms with E-state index in [1.807, 2.05) is 0 Å². The Morgan fingerprint density at radius 3 is 2.57 bits per heavy atom. The number of nitrogens with zero attached hydrogens (tertiary/aromatic N) is 3. The zero-order chi connectivity index (χ0) is 9.59. The normalized spacial score (nSPS) is 10.1. The molecule has 2 rings (SSSR count). The van der Waals surface area contributed by atoms with Crippen LogP contribution in [0.25, 0.3) is 11.2 Å². The van der Waals surface area contributed by atoms with Gasteiger partial charge in [0.05, 0.1) is 6.33 Å². The second kappa shape index (κ2) is 3.41. The molecule has 0 aliphatic heterocycles. The first kappa shape index (κ1) is 10.7. The molecule has 14 heavy (non-hydrogen) atoms. The third kappa shape index (κ3) is 1.20. The van der Waals surface area contributed by atoms with E-state index in [1.54, 1.807) is 7.05 Å². The summed E-state index contributed by atoms with van der Waals surface area (Å²) in [6.07, 6.45) is 1.39. The van der Waals surface area contributed by atoms with E-state index in [0.717, 1.165) is 4.57 Å². The van der Waals surface area contributed by atoms with E-state index >= 15 is 0 Å². The van der Waals surface area contributed by atoms with Gasteiger partial charge in [0.1, 0.15) is 5.52 Å². The highest BCUT2D eigenvalue weighted by Gasteiger charge is 2.08. The molecule has 76 valence electrons. The van der Waals surface area contributed by atoms with Crippen molar-refractivity contribution in [2.45, 2.75) is 0 Å². The highest BCUT2D eigenvalue weighted by atomic mass is 79.9. The molecule has 0 bridgehead atoms. The summed E-state index contributed by atoms with van der Waals surface area (Å²) in [7, 11) is 3.01. The van der Waals surface area contributed by atoms with Gasteiger partial charge in [0.15, 0.2) is 5.65 Å². The highest BCUT2D eigenvalue weighted by molar-refractivity contribution is 8.93. The first-order valence-corrected chi connectivity index (χ1v) is 3.72. The van der Waals surface area contributed by atoms with E-state index in [0.29, 0.717) is 11.2 Å². The van der Waals surface area contributed by atoms with Crippen molar-refractivity contribution >= 4 is 28.1 Å². The molecular weight excluding hydrogens is 252 g/mol. The maximum absolute atomic E-state index is 11.4. The van der Waals surface area contributed by atoms with Crippen LogP contribution >= 0.6 is 17.0 Å². The van der Waals surface area contributed by atoms with Crippen LogP contribution in [0.4, 0.5) is 0 Å². The molecule has 0 unspecified atom stereocenters. The van der Waals surface area contributed by atoms with E-state index in [4.69, 9.17) is 0 Å². The van der Waals surface area contributed by atoms with E-state index in [2.05, 4.69) is 9.97 Å². The number of hydrogen-bond acceptors (Lipinski definition) is 3. The average molecular weight is 261 g/mol. The lowest BCUT2D eigenvalue weighted by atomic mass is 10.5. The minimum absolute atomic E-state index is 0. The quantitative estimate of drug-likeness (QED) is 0.697. The number of fused-ring (bicyclic) bond motifs is 1. The third-order valence-corrected chi connectivity index (χ3v) is 2.03. The number of nitrogens with one attached hydrogen (secondary N) is 1. The number of halogens is 1. The molecule has 0 spiro atoms. The Morgan fingerprint density at radius 2 is 1.93 bits per heavy atom. The van der Waals surface area contributed by atoms with Gasteiger partial charge in [-0.15, -0.1) is 17.0 Å². The molecule has 2 aromatic heterocycles. The van der Waals surface area contributed by atoms with Crippen LogP contribution in [-0.4, -0.2) is 19.1 Å². The number of imidazole rings is 1. The van der Waals surface area contributed by atoms with Crippen LogP contribution < -0.4 is 11.2 Å². The van der Waals surface area contributed by atoms with Gasteiger partial charge in [0.2, 0.25) is 0 Å². The first-order valence-electron chi connectivity index (χ1n) is 3.72. The first-order chi connectivity index (χ1) is 6.13. The zero-order valence-corrected chi connectivity index (χ0v) is 9.36. The van der Waals surface area contributed by atoms with Crippen molar-refractivity contribution in [3.05, 3.63) is 27.2 Å². The second-order valence-corrected chi connectivity index (χ2v) is 2.81. The molecule has 0 aliphatic rings. The SMILES string of the molecule is Br.Cn1c(=O)c2[nH]cnc2n(C)c1=O. The van der Waals surface area contributed by atoms with E-state index < -0.39 is 0 Å². The lowest BCUT2D eigenvalue weighted by Gasteiger charge is -2.00. The van der Waals surface area contributed by atoms with Gasteiger partial charge in [-0.1, -0.05) is 0 Å². The van der Waals surface area contributed by atoms with E-state index in [1.165, 1.54) is 17.9 Å². The Balaban J connectivity index is 0.000000980. The Kier molecular flexibility index (Phi) is 2.61. The van der Waals surface area contributed by atoms with Crippen LogP contribution in [0.15, 0.2) is 15.9 Å². The Labute approximate surface area is 89.0 Å². The van der Waals surface area contributed by atoms with Crippen molar-refractivity contribution < 1.29 is 0 Å². The summed E-state index contributed by atoms with van der Waals surface area (Å²) in [6.45, 7) is 0. The second-order valence-electron chi connectivity index (χ2n) is 2.81. The molecule has 6 nitrogen and oxygen atoms in total. The lowest BCUT2D eigenvalue weighted by molar-refractivity contribution is 0.709. The van der Waals surface area contributed by atoms with Crippen molar-refractivity contribution in [1.29, 1.82) is 0 Å². The molecule has 0 amide bonds. The summed E-state index contributed by atoms with van der Waals surface area (Å²) in [5.74, 6) is 0. The van der Waals surface area contributed by atoms with Crippen molar-refractivity contribution in [1.82, 2.24) is 19.1 Å². The summed E-state index contributed by atoms with van der Waals surface area (Å²) >= 11 is 0. The molecule has 1 N–H and O–H groups in total. The van der Waals surface area contributed by atoms with Gasteiger partial charge >= 0.3 is 5.69 Å². The molecule has 2 heterocycles. The van der Waals surface area contributed by atoms with Crippen molar-refractivity contribution in [2.75, 3.05) is 0 Å². The summed E-state index contributed by atoms with van der Waals surface area (Å²) < 4.78 is 2.37. The van der Waals surface area contributed by atoms with Gasteiger partial charge < -0.3 is 4.98 Å². The van der Waals surface area contributed by atoms with E-state index in [9.17, 15) is 9.59 Å². The van der Waals surface area contributed by atoms with Crippen LogP contribution in [-0.2, 0) is 14.1 Å². The minimum atomic E-state index is -0.371. The molecule has 0 atom stereocenters. The maximum atomic E-state index is 11.4. The molecule has 0 saturated heterocycles. The van der Waals surface area contributed by atoms with Crippen LogP contribution in [0.5, 0.6) is 0 Å². The number of aromatic nitrogens is 4. The van der Waals surface area contributed by atoms with Crippen molar-refractivity contribution in [3.8, 4) is 0 Å². The van der Waals surface area contributed by atoms with Crippen molar-refractivity contribution in [3.63, 3.8) is 0 Å². The summed E-state index contributed by atoms with van der Waals surface area (Å²) in [5.41, 5.74) is 0.0119. The molecular formula is C7H9BrN4O2. The Morgan fingerprint density at radius 1 is 1.29 bits per heavy atom. The number of H-pyrrole nitrogens is 1. The van der Waals surface area contributed by atoms with Gasteiger partial charge in [-0.3, -0.25) is 13.9 Å². The number of aryl methyl sites for hydroxylation is 1. The predicted octanol–water partition coefficient (Wildman–Crippen LogP) is -0.462. The maximum Gasteiger partial charge on any atom is 0.332 e. The summed E-state index contributed by atoms with van der Waals surface area (Å²) in [5, 5.41) is 0. The molecule has 2 aromatic rings. The monoisotopic (exact) mass is 260 g/mol. The molecule has 0 aromatic carbocycles. The zero-order valence-electron chi connectivity index (χ0n) is 7.64. The molecule has 0 aliphatic carbocycles. The lowest BCUT2D eigenvalue weighted by Crippen LogP contribution is -2.36. The van der Waals surface area contributed by atoms with Gasteiger partial charge in [0, 0.05) is 14.1 Å². The summed E-state index contributed by atoms with van der Waals surface area (Å²) in [6, 6.07) is 0. The van der Waals surface area contributed by atoms with Crippen LogP contribution in [0.3, 0.4) is 0 Å². The molecule has 0 radical (unpaired) electrons. The summed E-state index contributed by atoms with van der Waals surface area (Å²) in [4.78, 5) is 29.4. The fourth-order valence-corrected chi connectivity index (χ4v) is 1.27. The minimum Gasteiger partial charge on any atom is -0.339 e. The van der Waals surface area contributed by atoms with Crippen LogP contribution in [0, 0.1) is 0 Å². The van der Waals surface area contributed by atoms with Crippen LogP contribution in [0.1, 0.15) is 0 Å². The molecule has 0 saturated carbocycles. The van der Waals surface area contributed by atoms with Gasteiger partial charge in [-0.2, -0.15) is 0 Å².